The molecule has 7 heteroatoms. The lowest BCUT2D eigenvalue weighted by Gasteiger charge is -2.11. The molecule has 0 fully saturated rings. The fourth-order valence-corrected chi connectivity index (χ4v) is 4.10. The Labute approximate surface area is 137 Å². The minimum absolute atomic E-state index is 0.0435. The van der Waals surface area contributed by atoms with Gasteiger partial charge in [-0.05, 0) is 29.7 Å². The van der Waals surface area contributed by atoms with Gasteiger partial charge in [-0.3, -0.25) is 4.79 Å². The third-order valence-corrected chi connectivity index (χ3v) is 5.48. The van der Waals surface area contributed by atoms with E-state index in [1.807, 2.05) is 35.0 Å². The van der Waals surface area contributed by atoms with Gasteiger partial charge >= 0.3 is 0 Å². The van der Waals surface area contributed by atoms with E-state index in [0.717, 1.165) is 20.8 Å². The van der Waals surface area contributed by atoms with E-state index in [1.165, 1.54) is 6.08 Å². The molecule has 3 rings (SSSR count). The molecule has 0 unspecified atom stereocenters. The van der Waals surface area contributed by atoms with E-state index in [9.17, 15) is 13.2 Å². The highest BCUT2D eigenvalue weighted by Crippen LogP contribution is 2.21. The molecule has 1 aromatic heterocycles. The monoisotopic (exact) mass is 382 g/mol. The molecule has 0 spiro atoms. The van der Waals surface area contributed by atoms with E-state index in [-0.39, 0.29) is 11.7 Å². The van der Waals surface area contributed by atoms with Gasteiger partial charge in [-0.25, -0.2) is 8.42 Å². The molecule has 1 aliphatic rings. The van der Waals surface area contributed by atoms with E-state index < -0.39 is 15.9 Å². The van der Waals surface area contributed by atoms with E-state index in [2.05, 4.69) is 21.2 Å². The first-order valence-corrected chi connectivity index (χ1v) is 9.38. The second kappa shape index (κ2) is 5.89. The summed E-state index contributed by atoms with van der Waals surface area (Å²) >= 11 is 3.44. The molecule has 5 nitrogen and oxygen atoms in total. The van der Waals surface area contributed by atoms with Gasteiger partial charge in [0.25, 0.3) is 0 Å². The number of carbonyl (C=O) groups excluding carboxylic acids is 1. The smallest absolute Gasteiger partial charge is 0.222 e. The molecule has 1 amide bonds. The molecule has 0 saturated heterocycles. The number of aromatic nitrogens is 1. The number of halogens is 1. The maximum Gasteiger partial charge on any atom is 0.222 e. The van der Waals surface area contributed by atoms with Crippen LogP contribution >= 0.6 is 15.9 Å². The summed E-state index contributed by atoms with van der Waals surface area (Å²) in [5.41, 5.74) is 1.06. The summed E-state index contributed by atoms with van der Waals surface area (Å²) in [6, 6.07) is 7.61. The zero-order valence-corrected chi connectivity index (χ0v) is 14.1. The van der Waals surface area contributed by atoms with Gasteiger partial charge in [0.2, 0.25) is 5.91 Å². The standard InChI is InChI=1S/C15H15BrN2O3S/c16-12-2-1-11-3-6-18(14(11)9-12)7-4-15(19)17-13-5-8-22(20,21)10-13/h1-3,5-6,8-9,13H,4,7,10H2,(H,17,19)/t13-/m1/s1. The lowest BCUT2D eigenvalue weighted by Crippen LogP contribution is -2.35. The fourth-order valence-electron chi connectivity index (χ4n) is 2.52. The number of hydrogen-bond acceptors (Lipinski definition) is 3. The minimum Gasteiger partial charge on any atom is -0.349 e. The first-order chi connectivity index (χ1) is 10.4. The highest BCUT2D eigenvalue weighted by Gasteiger charge is 2.22. The summed E-state index contributed by atoms with van der Waals surface area (Å²) in [6.07, 6.45) is 3.78. The van der Waals surface area contributed by atoms with Gasteiger partial charge in [0.15, 0.2) is 9.84 Å². The SMILES string of the molecule is O=C(CCn1ccc2ccc(Br)cc21)N[C@@H]1C=CS(=O)(=O)C1. The second-order valence-electron chi connectivity index (χ2n) is 5.29. The summed E-state index contributed by atoms with van der Waals surface area (Å²) in [4.78, 5) is 11.9. The van der Waals surface area contributed by atoms with Crippen molar-refractivity contribution in [1.82, 2.24) is 9.88 Å². The van der Waals surface area contributed by atoms with Crippen molar-refractivity contribution in [2.24, 2.45) is 0 Å². The topological polar surface area (TPSA) is 68.2 Å². The molecule has 0 aliphatic carbocycles. The average molecular weight is 383 g/mol. The van der Waals surface area contributed by atoms with Crippen LogP contribution < -0.4 is 5.32 Å². The normalized spacial score (nSPS) is 19.6. The number of sulfone groups is 1. The molecule has 1 aliphatic heterocycles. The zero-order valence-electron chi connectivity index (χ0n) is 11.7. The number of amides is 1. The van der Waals surface area contributed by atoms with Crippen LogP contribution in [0.5, 0.6) is 0 Å². The van der Waals surface area contributed by atoms with Crippen LogP contribution in [0, 0.1) is 0 Å². The maximum atomic E-state index is 11.9. The maximum absolute atomic E-state index is 11.9. The quantitative estimate of drug-likeness (QED) is 0.881. The van der Waals surface area contributed by atoms with E-state index in [4.69, 9.17) is 0 Å². The van der Waals surface area contributed by atoms with Crippen LogP contribution in [0.3, 0.4) is 0 Å². The van der Waals surface area contributed by atoms with Crippen molar-refractivity contribution in [2.75, 3.05) is 5.75 Å². The number of rotatable bonds is 4. The molecule has 22 heavy (non-hydrogen) atoms. The summed E-state index contributed by atoms with van der Waals surface area (Å²) in [6.45, 7) is 0.551. The number of fused-ring (bicyclic) bond motifs is 1. The average Bonchev–Trinajstić information content (AvgIpc) is 2.99. The molecule has 1 atom stereocenters. The second-order valence-corrected chi connectivity index (χ2v) is 8.14. The van der Waals surface area contributed by atoms with Gasteiger partial charge in [-0.15, -0.1) is 0 Å². The zero-order chi connectivity index (χ0) is 15.7. The number of carbonyl (C=O) groups is 1. The summed E-state index contributed by atoms with van der Waals surface area (Å²) in [5, 5.41) is 5.01. The summed E-state index contributed by atoms with van der Waals surface area (Å²) in [5.74, 6) is -0.193. The molecule has 0 saturated carbocycles. The molecule has 0 bridgehead atoms. The van der Waals surface area contributed by atoms with Crippen molar-refractivity contribution in [3.8, 4) is 0 Å². The van der Waals surface area contributed by atoms with E-state index >= 15 is 0 Å². The predicted octanol–water partition coefficient (Wildman–Crippen LogP) is 2.22. The Hall–Kier alpha value is -1.60. The van der Waals surface area contributed by atoms with Crippen molar-refractivity contribution in [1.29, 1.82) is 0 Å². The van der Waals surface area contributed by atoms with Crippen molar-refractivity contribution < 1.29 is 13.2 Å². The summed E-state index contributed by atoms with van der Waals surface area (Å²) < 4.78 is 25.6. The number of nitrogens with one attached hydrogen (secondary N) is 1. The van der Waals surface area contributed by atoms with Gasteiger partial charge in [-0.2, -0.15) is 0 Å². The third-order valence-electron chi connectivity index (χ3n) is 3.59. The highest BCUT2D eigenvalue weighted by atomic mass is 79.9. The predicted molar refractivity (Wildman–Crippen MR) is 89.1 cm³/mol. The molecule has 2 aromatic rings. The summed E-state index contributed by atoms with van der Waals surface area (Å²) in [7, 11) is -3.14. The Bertz CT molecular complexity index is 855. The van der Waals surface area contributed by atoms with Crippen molar-refractivity contribution in [3.63, 3.8) is 0 Å². The van der Waals surface area contributed by atoms with Gasteiger partial charge in [0.05, 0.1) is 11.8 Å². The molecular formula is C15H15BrN2O3S. The Morgan fingerprint density at radius 3 is 2.91 bits per heavy atom. The van der Waals surface area contributed by atoms with E-state index in [0.29, 0.717) is 13.0 Å². The van der Waals surface area contributed by atoms with Crippen LogP contribution in [0.25, 0.3) is 10.9 Å². The Morgan fingerprint density at radius 2 is 2.18 bits per heavy atom. The Kier molecular flexibility index (Phi) is 4.10. The van der Waals surface area contributed by atoms with Gasteiger partial charge in [0.1, 0.15) is 0 Å². The van der Waals surface area contributed by atoms with Crippen LogP contribution in [0.4, 0.5) is 0 Å². The third kappa shape index (κ3) is 3.41. The van der Waals surface area contributed by atoms with Crippen molar-refractivity contribution >= 4 is 42.6 Å². The molecule has 0 radical (unpaired) electrons. The van der Waals surface area contributed by atoms with Crippen molar-refractivity contribution in [2.45, 2.75) is 19.0 Å². The molecule has 1 aromatic carbocycles. The number of hydrogen-bond donors (Lipinski definition) is 1. The lowest BCUT2D eigenvalue weighted by atomic mass is 10.2. The lowest BCUT2D eigenvalue weighted by molar-refractivity contribution is -0.121. The van der Waals surface area contributed by atoms with E-state index in [1.54, 1.807) is 0 Å². The van der Waals surface area contributed by atoms with Crippen LogP contribution in [-0.2, 0) is 21.2 Å². The molecule has 1 N–H and O–H groups in total. The Balaban J connectivity index is 1.61. The molecule has 116 valence electrons. The van der Waals surface area contributed by atoms with Crippen LogP contribution in [0.1, 0.15) is 6.42 Å². The van der Waals surface area contributed by atoms with Gasteiger partial charge in [0, 0.05) is 34.6 Å². The molecule has 2 heterocycles. The van der Waals surface area contributed by atoms with Crippen LogP contribution in [-0.4, -0.2) is 30.7 Å². The highest BCUT2D eigenvalue weighted by molar-refractivity contribution is 9.10. The minimum atomic E-state index is -3.14. The fraction of sp³-hybridized carbons (Fsp3) is 0.267. The number of benzene rings is 1. The number of aryl methyl sites for hydroxylation is 1. The first kappa shape index (κ1) is 15.3. The van der Waals surface area contributed by atoms with Gasteiger partial charge in [-0.1, -0.05) is 22.0 Å². The first-order valence-electron chi connectivity index (χ1n) is 6.88. The van der Waals surface area contributed by atoms with Crippen LogP contribution in [0.2, 0.25) is 0 Å². The van der Waals surface area contributed by atoms with Gasteiger partial charge < -0.3 is 9.88 Å². The largest absolute Gasteiger partial charge is 0.349 e. The van der Waals surface area contributed by atoms with Crippen molar-refractivity contribution in [3.05, 3.63) is 46.4 Å². The van der Waals surface area contributed by atoms with Crippen LogP contribution in [0.15, 0.2) is 46.4 Å². The number of nitrogens with zero attached hydrogens (tertiary/aromatic N) is 1. The molecular weight excluding hydrogens is 368 g/mol. The Morgan fingerprint density at radius 1 is 1.36 bits per heavy atom.